The first-order valence-electron chi connectivity index (χ1n) is 5.70. The molecule has 13 heavy (non-hydrogen) atoms. The first-order chi connectivity index (χ1) is 5.91. The summed E-state index contributed by atoms with van der Waals surface area (Å²) in [7, 11) is 6.29. The molecule has 1 saturated carbocycles. The van der Waals surface area contributed by atoms with Crippen LogP contribution >= 0.6 is 0 Å². The van der Waals surface area contributed by atoms with Gasteiger partial charge in [0, 0.05) is 0 Å². The molecular formula is C12H23B. The van der Waals surface area contributed by atoms with Crippen LogP contribution in [0.25, 0.3) is 0 Å². The minimum atomic E-state index is 0.0772. The molecule has 0 spiro atoms. The van der Waals surface area contributed by atoms with E-state index < -0.39 is 0 Å². The van der Waals surface area contributed by atoms with Crippen LogP contribution in [0.3, 0.4) is 0 Å². The molecule has 1 aliphatic rings. The Morgan fingerprint density at radius 2 is 1.38 bits per heavy atom. The summed E-state index contributed by atoms with van der Waals surface area (Å²) in [6.07, 6.45) is 9.23. The van der Waals surface area contributed by atoms with E-state index in [0.717, 1.165) is 0 Å². The van der Waals surface area contributed by atoms with E-state index in [0.29, 0.717) is 5.41 Å². The van der Waals surface area contributed by atoms with Crippen LogP contribution in [-0.2, 0) is 0 Å². The topological polar surface area (TPSA) is 0 Å². The summed E-state index contributed by atoms with van der Waals surface area (Å²) in [5.74, 6) is 0. The third-order valence-electron chi connectivity index (χ3n) is 3.23. The lowest BCUT2D eigenvalue weighted by molar-refractivity contribution is 0.260. The van der Waals surface area contributed by atoms with E-state index in [1.807, 2.05) is 0 Å². The SMILES string of the molecule is [B]C1(C)CCCCCCC(C)(C)C1. The van der Waals surface area contributed by atoms with Gasteiger partial charge in [-0.05, 0) is 11.8 Å². The van der Waals surface area contributed by atoms with Gasteiger partial charge < -0.3 is 0 Å². The normalized spacial score (nSPS) is 35.9. The molecule has 0 aromatic carbocycles. The Labute approximate surface area is 84.9 Å². The van der Waals surface area contributed by atoms with E-state index in [-0.39, 0.29) is 5.31 Å². The first-order valence-corrected chi connectivity index (χ1v) is 5.70. The molecule has 2 radical (unpaired) electrons. The van der Waals surface area contributed by atoms with Crippen LogP contribution in [0.2, 0.25) is 5.31 Å². The Kier molecular flexibility index (Phi) is 3.48. The van der Waals surface area contributed by atoms with Gasteiger partial charge in [0.05, 0.1) is 7.85 Å². The molecule has 1 rings (SSSR count). The smallest absolute Gasteiger partial charge is 0.0683 e. The maximum atomic E-state index is 6.29. The zero-order chi connectivity index (χ0) is 9.95. The van der Waals surface area contributed by atoms with Gasteiger partial charge in [-0.2, -0.15) is 0 Å². The second-order valence-corrected chi connectivity index (χ2v) is 5.91. The Morgan fingerprint density at radius 3 is 2.00 bits per heavy atom. The van der Waals surface area contributed by atoms with Crippen molar-refractivity contribution in [1.29, 1.82) is 0 Å². The zero-order valence-electron chi connectivity index (χ0n) is 9.53. The van der Waals surface area contributed by atoms with Gasteiger partial charge in [-0.1, -0.05) is 64.6 Å². The maximum Gasteiger partial charge on any atom is 0.0742 e. The molecule has 0 heterocycles. The van der Waals surface area contributed by atoms with Crippen molar-refractivity contribution in [2.45, 2.75) is 71.0 Å². The van der Waals surface area contributed by atoms with Gasteiger partial charge in [-0.25, -0.2) is 0 Å². The second kappa shape index (κ2) is 4.06. The van der Waals surface area contributed by atoms with Gasteiger partial charge in [0.15, 0.2) is 0 Å². The van der Waals surface area contributed by atoms with Crippen LogP contribution in [0.5, 0.6) is 0 Å². The Bertz CT molecular complexity index is 141. The van der Waals surface area contributed by atoms with Crippen molar-refractivity contribution < 1.29 is 0 Å². The van der Waals surface area contributed by atoms with E-state index >= 15 is 0 Å². The van der Waals surface area contributed by atoms with Gasteiger partial charge >= 0.3 is 0 Å². The Balaban J connectivity index is 2.59. The summed E-state index contributed by atoms with van der Waals surface area (Å²) in [5, 5.41) is 0.0772. The van der Waals surface area contributed by atoms with E-state index in [1.54, 1.807) is 0 Å². The zero-order valence-corrected chi connectivity index (χ0v) is 9.53. The highest BCUT2D eigenvalue weighted by Gasteiger charge is 2.28. The quantitative estimate of drug-likeness (QED) is 0.490. The largest absolute Gasteiger partial charge is 0.0742 e. The average molecular weight is 178 g/mol. The molecule has 0 nitrogen and oxygen atoms in total. The molecular weight excluding hydrogens is 155 g/mol. The fourth-order valence-corrected chi connectivity index (χ4v) is 2.76. The lowest BCUT2D eigenvalue weighted by Gasteiger charge is -2.34. The number of hydrogen-bond acceptors (Lipinski definition) is 0. The van der Waals surface area contributed by atoms with Crippen LogP contribution in [-0.4, -0.2) is 7.85 Å². The van der Waals surface area contributed by atoms with Gasteiger partial charge in [0.2, 0.25) is 0 Å². The standard InChI is InChI=1S/C12H23B/c1-11(2)8-6-4-5-7-9-12(3,13)10-11/h4-10H2,1-3H3. The predicted molar refractivity (Wildman–Crippen MR) is 60.2 cm³/mol. The Hall–Kier alpha value is 0.0649. The van der Waals surface area contributed by atoms with Gasteiger partial charge in [0.1, 0.15) is 0 Å². The minimum absolute atomic E-state index is 0.0772. The molecule has 0 aliphatic heterocycles. The van der Waals surface area contributed by atoms with Crippen LogP contribution in [0.4, 0.5) is 0 Å². The second-order valence-electron chi connectivity index (χ2n) is 5.91. The highest BCUT2D eigenvalue weighted by molar-refractivity contribution is 6.14. The van der Waals surface area contributed by atoms with E-state index in [4.69, 9.17) is 7.85 Å². The van der Waals surface area contributed by atoms with Crippen LogP contribution in [0, 0.1) is 5.41 Å². The van der Waals surface area contributed by atoms with Crippen LogP contribution in [0.15, 0.2) is 0 Å². The third-order valence-corrected chi connectivity index (χ3v) is 3.23. The highest BCUT2D eigenvalue weighted by atomic mass is 14.3. The maximum absolute atomic E-state index is 6.29. The fraction of sp³-hybridized carbons (Fsp3) is 1.00. The molecule has 0 aromatic rings. The molecule has 0 bridgehead atoms. The molecule has 1 heteroatoms. The molecule has 74 valence electrons. The van der Waals surface area contributed by atoms with Crippen molar-refractivity contribution in [3.05, 3.63) is 0 Å². The predicted octanol–water partition coefficient (Wildman–Crippen LogP) is 4.10. The average Bonchev–Trinajstić information content (AvgIpc) is 1.97. The lowest BCUT2D eigenvalue weighted by atomic mass is 9.59. The van der Waals surface area contributed by atoms with Crippen molar-refractivity contribution in [2.24, 2.45) is 5.41 Å². The van der Waals surface area contributed by atoms with Crippen molar-refractivity contribution >= 4 is 7.85 Å². The third kappa shape index (κ3) is 4.20. The van der Waals surface area contributed by atoms with Crippen molar-refractivity contribution in [1.82, 2.24) is 0 Å². The molecule has 0 N–H and O–H groups in total. The first kappa shape index (κ1) is 11.1. The molecule has 0 aromatic heterocycles. The van der Waals surface area contributed by atoms with Crippen molar-refractivity contribution in [3.63, 3.8) is 0 Å². The van der Waals surface area contributed by atoms with Gasteiger partial charge in [0.25, 0.3) is 0 Å². The molecule has 1 unspecified atom stereocenters. The number of hydrogen-bond donors (Lipinski definition) is 0. The summed E-state index contributed by atoms with van der Waals surface area (Å²) in [6, 6.07) is 0. The van der Waals surface area contributed by atoms with E-state index in [1.165, 1.54) is 44.9 Å². The summed E-state index contributed by atoms with van der Waals surface area (Å²) in [4.78, 5) is 0. The molecule has 0 saturated heterocycles. The fourth-order valence-electron chi connectivity index (χ4n) is 2.76. The minimum Gasteiger partial charge on any atom is -0.0683 e. The van der Waals surface area contributed by atoms with Gasteiger partial charge in [-0.3, -0.25) is 0 Å². The van der Waals surface area contributed by atoms with Crippen molar-refractivity contribution in [2.75, 3.05) is 0 Å². The lowest BCUT2D eigenvalue weighted by Crippen LogP contribution is -2.20. The molecule has 1 fully saturated rings. The van der Waals surface area contributed by atoms with E-state index in [9.17, 15) is 0 Å². The Morgan fingerprint density at radius 1 is 0.846 bits per heavy atom. The summed E-state index contributed by atoms with van der Waals surface area (Å²) in [6.45, 7) is 6.95. The molecule has 1 aliphatic carbocycles. The number of rotatable bonds is 0. The molecule has 1 atom stereocenters. The monoisotopic (exact) mass is 178 g/mol. The highest BCUT2D eigenvalue weighted by Crippen LogP contribution is 2.44. The summed E-state index contributed by atoms with van der Waals surface area (Å²) < 4.78 is 0. The summed E-state index contributed by atoms with van der Waals surface area (Å²) >= 11 is 0. The summed E-state index contributed by atoms with van der Waals surface area (Å²) in [5.41, 5.74) is 0.452. The van der Waals surface area contributed by atoms with Crippen molar-refractivity contribution in [3.8, 4) is 0 Å². The van der Waals surface area contributed by atoms with Gasteiger partial charge in [-0.15, -0.1) is 0 Å². The van der Waals surface area contributed by atoms with Crippen LogP contribution < -0.4 is 0 Å². The van der Waals surface area contributed by atoms with E-state index in [2.05, 4.69) is 20.8 Å². The van der Waals surface area contributed by atoms with Crippen LogP contribution in [0.1, 0.15) is 65.7 Å². The molecule has 0 amide bonds.